The van der Waals surface area contributed by atoms with Gasteiger partial charge in [0.15, 0.2) is 5.78 Å². The summed E-state index contributed by atoms with van der Waals surface area (Å²) in [5.41, 5.74) is 1.57. The van der Waals surface area contributed by atoms with Crippen LogP contribution in [0.25, 0.3) is 0 Å². The lowest BCUT2D eigenvalue weighted by Gasteiger charge is -2.22. The second-order valence-corrected chi connectivity index (χ2v) is 9.04. The van der Waals surface area contributed by atoms with Gasteiger partial charge in [-0.1, -0.05) is 51.5 Å². The first-order valence-corrected chi connectivity index (χ1v) is 11.3. The lowest BCUT2D eigenvalue weighted by molar-refractivity contribution is -0.130. The van der Waals surface area contributed by atoms with Crippen molar-refractivity contribution in [1.29, 1.82) is 0 Å². The number of aryl methyl sites for hydroxylation is 1. The lowest BCUT2D eigenvalue weighted by atomic mass is 9.91. The summed E-state index contributed by atoms with van der Waals surface area (Å²) in [7, 11) is 0. The van der Waals surface area contributed by atoms with Crippen molar-refractivity contribution in [2.75, 3.05) is 11.9 Å². The van der Waals surface area contributed by atoms with Gasteiger partial charge in [0, 0.05) is 17.7 Å². The number of anilines is 1. The number of rotatable bonds is 9. The van der Waals surface area contributed by atoms with E-state index >= 15 is 0 Å². The van der Waals surface area contributed by atoms with Gasteiger partial charge in [-0.2, -0.15) is 0 Å². The van der Waals surface area contributed by atoms with Crippen molar-refractivity contribution in [3.63, 3.8) is 0 Å². The molecule has 33 heavy (non-hydrogen) atoms. The number of urea groups is 1. The summed E-state index contributed by atoms with van der Waals surface area (Å²) in [5.74, 6) is -0.664. The number of imide groups is 1. The Morgan fingerprint density at radius 3 is 2.24 bits per heavy atom. The van der Waals surface area contributed by atoms with Crippen LogP contribution in [0.1, 0.15) is 62.0 Å². The Labute approximate surface area is 194 Å². The van der Waals surface area contributed by atoms with Gasteiger partial charge in [-0.25, -0.2) is 4.79 Å². The Balaban J connectivity index is 1.68. The maximum absolute atomic E-state index is 13.1. The molecule has 0 spiro atoms. The second-order valence-electron chi connectivity index (χ2n) is 9.04. The maximum atomic E-state index is 13.1. The molecule has 2 aromatic carbocycles. The van der Waals surface area contributed by atoms with Crippen LogP contribution in [0.2, 0.25) is 0 Å². The Morgan fingerprint density at radius 2 is 1.67 bits per heavy atom. The van der Waals surface area contributed by atoms with Gasteiger partial charge in [0.25, 0.3) is 5.91 Å². The molecule has 1 fully saturated rings. The first-order chi connectivity index (χ1) is 15.6. The summed E-state index contributed by atoms with van der Waals surface area (Å²) in [4.78, 5) is 51.3. The topological polar surface area (TPSA) is 95.6 Å². The molecule has 1 saturated heterocycles. The van der Waals surface area contributed by atoms with Gasteiger partial charge >= 0.3 is 6.03 Å². The zero-order chi connectivity index (χ0) is 24.2. The average molecular weight is 450 g/mol. The van der Waals surface area contributed by atoms with Crippen molar-refractivity contribution >= 4 is 29.3 Å². The van der Waals surface area contributed by atoms with Crippen LogP contribution >= 0.6 is 0 Å². The average Bonchev–Trinajstić information content (AvgIpc) is 2.98. The third kappa shape index (κ3) is 5.48. The number of nitrogens with one attached hydrogen (secondary N) is 2. The van der Waals surface area contributed by atoms with E-state index in [0.29, 0.717) is 23.2 Å². The lowest BCUT2D eigenvalue weighted by Crippen LogP contribution is -2.41. The predicted octanol–water partition coefficient (Wildman–Crippen LogP) is 4.27. The Hall–Kier alpha value is -3.48. The molecule has 1 aliphatic heterocycles. The van der Waals surface area contributed by atoms with Crippen molar-refractivity contribution in [2.24, 2.45) is 5.92 Å². The van der Waals surface area contributed by atoms with Gasteiger partial charge in [0.2, 0.25) is 5.91 Å². The molecule has 0 aliphatic carbocycles. The van der Waals surface area contributed by atoms with Gasteiger partial charge in [0.1, 0.15) is 5.54 Å². The summed E-state index contributed by atoms with van der Waals surface area (Å²) in [6, 6.07) is 13.5. The van der Waals surface area contributed by atoms with E-state index in [2.05, 4.69) is 17.6 Å². The largest absolute Gasteiger partial charge is 0.326 e. The zero-order valence-electron chi connectivity index (χ0n) is 19.6. The molecule has 0 aromatic heterocycles. The Morgan fingerprint density at radius 1 is 1.03 bits per heavy atom. The monoisotopic (exact) mass is 449 g/mol. The first-order valence-electron chi connectivity index (χ1n) is 11.3. The minimum absolute atomic E-state index is 0.0922. The molecule has 1 atom stereocenters. The fourth-order valence-corrected chi connectivity index (χ4v) is 3.89. The number of ketones is 1. The molecular weight excluding hydrogens is 418 g/mol. The highest BCUT2D eigenvalue weighted by molar-refractivity contribution is 6.11. The number of nitrogens with zero attached hydrogens (tertiary/aromatic N) is 1. The van der Waals surface area contributed by atoms with E-state index in [1.807, 2.05) is 38.1 Å². The van der Waals surface area contributed by atoms with Crippen molar-refractivity contribution in [1.82, 2.24) is 10.2 Å². The van der Waals surface area contributed by atoms with Crippen molar-refractivity contribution in [3.8, 4) is 0 Å². The molecule has 1 unspecified atom stereocenters. The maximum Gasteiger partial charge on any atom is 0.325 e. The molecule has 1 aliphatic rings. The van der Waals surface area contributed by atoms with Crippen LogP contribution in [0.15, 0.2) is 48.5 Å². The fourth-order valence-electron chi connectivity index (χ4n) is 3.89. The molecular formula is C26H31N3O4. The van der Waals surface area contributed by atoms with E-state index in [9.17, 15) is 19.2 Å². The number of hydrogen-bond donors (Lipinski definition) is 2. The molecule has 0 radical (unpaired) electrons. The Bertz CT molecular complexity index is 1040. The number of hydrogen-bond acceptors (Lipinski definition) is 4. The van der Waals surface area contributed by atoms with Crippen molar-refractivity contribution < 1.29 is 19.2 Å². The number of carbonyl (C=O) groups is 4. The summed E-state index contributed by atoms with van der Waals surface area (Å²) in [5, 5.41) is 5.53. The van der Waals surface area contributed by atoms with Gasteiger partial charge in [-0.15, -0.1) is 0 Å². The van der Waals surface area contributed by atoms with Gasteiger partial charge < -0.3 is 10.6 Å². The second kappa shape index (κ2) is 9.98. The van der Waals surface area contributed by atoms with E-state index in [1.165, 1.54) is 0 Å². The van der Waals surface area contributed by atoms with E-state index in [0.717, 1.165) is 23.3 Å². The van der Waals surface area contributed by atoms with Crippen molar-refractivity contribution in [2.45, 2.75) is 52.5 Å². The molecule has 0 saturated carbocycles. The number of Topliss-reactive ketones (excluding diaryl/α,β-unsaturated/α-hetero) is 1. The Kier molecular flexibility index (Phi) is 7.31. The normalized spacial score (nSPS) is 17.9. The van der Waals surface area contributed by atoms with Crippen LogP contribution in [-0.4, -0.2) is 35.1 Å². The van der Waals surface area contributed by atoms with Crippen LogP contribution in [0.4, 0.5) is 10.5 Å². The SMILES string of the molecule is CCCc1ccc(C2(C)NC(=O)N(CC(=O)c3ccc(NC(=O)CC(C)C)cc3)C2=O)cc1. The highest BCUT2D eigenvalue weighted by Gasteiger charge is 2.49. The molecule has 2 N–H and O–H groups in total. The zero-order valence-corrected chi connectivity index (χ0v) is 19.6. The third-order valence-corrected chi connectivity index (χ3v) is 5.73. The molecule has 2 aromatic rings. The standard InChI is InChI=1S/C26H31N3O4/c1-5-6-18-7-11-20(12-8-18)26(4)24(32)29(25(33)28-26)16-22(30)19-9-13-21(14-10-19)27-23(31)15-17(2)3/h7-14,17H,5-6,15-16H2,1-4H3,(H,27,31)(H,28,33). The quantitative estimate of drug-likeness (QED) is 0.441. The summed E-state index contributed by atoms with van der Waals surface area (Å²) >= 11 is 0. The van der Waals surface area contributed by atoms with Crippen LogP contribution in [0.3, 0.4) is 0 Å². The highest BCUT2D eigenvalue weighted by Crippen LogP contribution is 2.29. The minimum atomic E-state index is -1.22. The molecule has 7 heteroatoms. The smallest absolute Gasteiger partial charge is 0.325 e. The van der Waals surface area contributed by atoms with Crippen LogP contribution < -0.4 is 10.6 Å². The van der Waals surface area contributed by atoms with Gasteiger partial charge in [-0.05, 0) is 54.7 Å². The van der Waals surface area contributed by atoms with Crippen LogP contribution in [-0.2, 0) is 21.5 Å². The van der Waals surface area contributed by atoms with E-state index < -0.39 is 17.5 Å². The van der Waals surface area contributed by atoms with Crippen LogP contribution in [0.5, 0.6) is 0 Å². The number of amides is 4. The number of benzene rings is 2. The van der Waals surface area contributed by atoms with Gasteiger partial charge in [0.05, 0.1) is 6.54 Å². The van der Waals surface area contributed by atoms with Crippen LogP contribution in [0, 0.1) is 5.92 Å². The van der Waals surface area contributed by atoms with E-state index in [4.69, 9.17) is 0 Å². The molecule has 7 nitrogen and oxygen atoms in total. The van der Waals surface area contributed by atoms with E-state index in [-0.39, 0.29) is 24.2 Å². The molecule has 1 heterocycles. The van der Waals surface area contributed by atoms with Crippen molar-refractivity contribution in [3.05, 3.63) is 65.2 Å². The fraction of sp³-hybridized carbons (Fsp3) is 0.385. The summed E-state index contributed by atoms with van der Waals surface area (Å²) < 4.78 is 0. The number of carbonyl (C=O) groups excluding carboxylic acids is 4. The molecule has 0 bridgehead atoms. The van der Waals surface area contributed by atoms with E-state index in [1.54, 1.807) is 31.2 Å². The molecule has 4 amide bonds. The molecule has 3 rings (SSSR count). The minimum Gasteiger partial charge on any atom is -0.326 e. The highest BCUT2D eigenvalue weighted by atomic mass is 16.2. The first kappa shape index (κ1) is 24.2. The molecule has 174 valence electrons. The van der Waals surface area contributed by atoms with Gasteiger partial charge in [-0.3, -0.25) is 19.3 Å². The third-order valence-electron chi connectivity index (χ3n) is 5.73. The summed E-state index contributed by atoms with van der Waals surface area (Å²) in [6.07, 6.45) is 2.37. The predicted molar refractivity (Wildman–Crippen MR) is 127 cm³/mol. The summed E-state index contributed by atoms with van der Waals surface area (Å²) in [6.45, 7) is 7.32.